The van der Waals surface area contributed by atoms with Crippen LogP contribution in [-0.4, -0.2) is 28.9 Å². The summed E-state index contributed by atoms with van der Waals surface area (Å²) in [6.45, 7) is 5.36. The summed E-state index contributed by atoms with van der Waals surface area (Å²) in [5.74, 6) is -1.25. The largest absolute Gasteiger partial charge is 0.445 e. The first-order valence-electron chi connectivity index (χ1n) is 10.3. The highest BCUT2D eigenvalue weighted by atomic mass is 16.5. The number of alkyl carbamates (subject to hydrolysis) is 1. The maximum Gasteiger partial charge on any atom is 0.408 e. The second kappa shape index (κ2) is 11.9. The van der Waals surface area contributed by atoms with Crippen molar-refractivity contribution in [2.75, 3.05) is 5.32 Å². The molecule has 0 fully saturated rings. The van der Waals surface area contributed by atoms with Crippen molar-refractivity contribution in [2.24, 2.45) is 11.8 Å². The Kier molecular flexibility index (Phi) is 9.21. The van der Waals surface area contributed by atoms with Crippen molar-refractivity contribution in [3.63, 3.8) is 0 Å². The van der Waals surface area contributed by atoms with Gasteiger partial charge in [-0.3, -0.25) is 9.59 Å². The molecule has 0 aromatic heterocycles. The lowest BCUT2D eigenvalue weighted by Crippen LogP contribution is -2.45. The number of hydrogen-bond acceptors (Lipinski definition) is 5. The van der Waals surface area contributed by atoms with Crippen LogP contribution in [0, 0.1) is 11.8 Å². The van der Waals surface area contributed by atoms with Crippen molar-refractivity contribution in [1.82, 2.24) is 5.32 Å². The standard InChI is InChI=1S/C24H30N2O5/c1-16(2)22(26-24(30)31-15-19-7-5-4-6-8-19)21(28)13-17(3)23(29)25-20-11-9-18(14-27)10-12-20/h4-12,16-17,22,27H,13-15H2,1-3H3,(H,25,29)(H,26,30)/t17-,22-/m1/s1. The molecule has 0 unspecified atom stereocenters. The number of hydrogen-bond donors (Lipinski definition) is 3. The van der Waals surface area contributed by atoms with Crippen LogP contribution in [0.4, 0.5) is 10.5 Å². The molecule has 2 aromatic rings. The lowest BCUT2D eigenvalue weighted by Gasteiger charge is -2.22. The molecule has 0 bridgehead atoms. The van der Waals surface area contributed by atoms with Crippen LogP contribution in [0.5, 0.6) is 0 Å². The third-order valence-electron chi connectivity index (χ3n) is 4.86. The molecule has 2 rings (SSSR count). The number of amides is 2. The molecule has 0 aliphatic rings. The first-order valence-corrected chi connectivity index (χ1v) is 10.3. The summed E-state index contributed by atoms with van der Waals surface area (Å²) >= 11 is 0. The number of anilines is 1. The van der Waals surface area contributed by atoms with Crippen LogP contribution in [0.25, 0.3) is 0 Å². The minimum Gasteiger partial charge on any atom is -0.445 e. The van der Waals surface area contributed by atoms with Gasteiger partial charge in [0, 0.05) is 18.0 Å². The van der Waals surface area contributed by atoms with Crippen molar-refractivity contribution in [1.29, 1.82) is 0 Å². The number of carbonyl (C=O) groups is 3. The molecule has 0 saturated carbocycles. The van der Waals surface area contributed by atoms with Gasteiger partial charge >= 0.3 is 6.09 Å². The number of aliphatic hydroxyl groups is 1. The topological polar surface area (TPSA) is 105 Å². The van der Waals surface area contributed by atoms with E-state index in [1.807, 2.05) is 44.2 Å². The maximum absolute atomic E-state index is 12.8. The zero-order valence-electron chi connectivity index (χ0n) is 18.1. The first kappa shape index (κ1) is 24.1. The molecule has 166 valence electrons. The zero-order valence-corrected chi connectivity index (χ0v) is 18.1. The Hall–Kier alpha value is -3.19. The van der Waals surface area contributed by atoms with Crippen LogP contribution >= 0.6 is 0 Å². The third-order valence-corrected chi connectivity index (χ3v) is 4.86. The predicted molar refractivity (Wildman–Crippen MR) is 118 cm³/mol. The Balaban J connectivity index is 1.87. The van der Waals surface area contributed by atoms with E-state index in [1.54, 1.807) is 31.2 Å². The number of aliphatic hydroxyl groups excluding tert-OH is 1. The molecule has 0 aliphatic carbocycles. The number of nitrogens with one attached hydrogen (secondary N) is 2. The van der Waals surface area contributed by atoms with Gasteiger partial charge in [0.25, 0.3) is 0 Å². The molecule has 0 spiro atoms. The van der Waals surface area contributed by atoms with E-state index in [9.17, 15) is 14.4 Å². The summed E-state index contributed by atoms with van der Waals surface area (Å²) in [6, 6.07) is 15.3. The van der Waals surface area contributed by atoms with E-state index < -0.39 is 18.1 Å². The van der Waals surface area contributed by atoms with Crippen LogP contribution in [-0.2, 0) is 27.5 Å². The van der Waals surface area contributed by atoms with Crippen LogP contribution in [0.3, 0.4) is 0 Å². The van der Waals surface area contributed by atoms with Crippen LogP contribution in [0.15, 0.2) is 54.6 Å². The molecular weight excluding hydrogens is 396 g/mol. The molecule has 3 N–H and O–H groups in total. The highest BCUT2D eigenvalue weighted by Gasteiger charge is 2.28. The van der Waals surface area contributed by atoms with E-state index in [1.165, 1.54) is 0 Å². The fourth-order valence-corrected chi connectivity index (χ4v) is 2.99. The summed E-state index contributed by atoms with van der Waals surface area (Å²) in [5.41, 5.74) is 2.18. The van der Waals surface area contributed by atoms with Crippen molar-refractivity contribution < 1.29 is 24.2 Å². The molecule has 2 atom stereocenters. The fraction of sp³-hybridized carbons (Fsp3) is 0.375. The predicted octanol–water partition coefficient (Wildman–Crippen LogP) is 3.66. The quantitative estimate of drug-likeness (QED) is 0.538. The normalized spacial score (nSPS) is 12.7. The van der Waals surface area contributed by atoms with E-state index in [2.05, 4.69) is 10.6 Å². The van der Waals surface area contributed by atoms with E-state index in [-0.39, 0.29) is 37.2 Å². The van der Waals surface area contributed by atoms with Crippen LogP contribution < -0.4 is 10.6 Å². The van der Waals surface area contributed by atoms with Gasteiger partial charge in [-0.15, -0.1) is 0 Å². The van der Waals surface area contributed by atoms with E-state index >= 15 is 0 Å². The number of benzene rings is 2. The van der Waals surface area contributed by atoms with Gasteiger partial charge in [-0.25, -0.2) is 4.79 Å². The molecule has 31 heavy (non-hydrogen) atoms. The molecular formula is C24H30N2O5. The average molecular weight is 427 g/mol. The highest BCUT2D eigenvalue weighted by Crippen LogP contribution is 2.15. The van der Waals surface area contributed by atoms with Crippen molar-refractivity contribution >= 4 is 23.5 Å². The van der Waals surface area contributed by atoms with Gasteiger partial charge in [0.05, 0.1) is 12.6 Å². The number of ketones is 1. The fourth-order valence-electron chi connectivity index (χ4n) is 2.99. The van der Waals surface area contributed by atoms with Gasteiger partial charge in [0.1, 0.15) is 6.61 Å². The van der Waals surface area contributed by atoms with Crippen molar-refractivity contribution in [2.45, 2.75) is 46.4 Å². The van der Waals surface area contributed by atoms with Gasteiger partial charge in [-0.05, 0) is 29.2 Å². The minimum atomic E-state index is -0.748. The molecule has 2 aromatic carbocycles. The third kappa shape index (κ3) is 7.86. The molecule has 7 heteroatoms. The summed E-state index contributed by atoms with van der Waals surface area (Å²) in [4.78, 5) is 37.4. The van der Waals surface area contributed by atoms with E-state index in [0.29, 0.717) is 5.69 Å². The SMILES string of the molecule is CC(C)[C@@H](NC(=O)OCc1ccccc1)C(=O)C[C@@H](C)C(=O)Nc1ccc(CO)cc1. The Labute approximate surface area is 182 Å². The monoisotopic (exact) mass is 426 g/mol. The summed E-state index contributed by atoms with van der Waals surface area (Å²) in [7, 11) is 0. The Morgan fingerprint density at radius 3 is 2.16 bits per heavy atom. The van der Waals surface area contributed by atoms with E-state index in [4.69, 9.17) is 9.84 Å². The lowest BCUT2D eigenvalue weighted by atomic mass is 9.93. The van der Waals surface area contributed by atoms with Gasteiger partial charge in [0.2, 0.25) is 5.91 Å². The number of rotatable bonds is 10. The Bertz CT molecular complexity index is 865. The molecule has 0 saturated heterocycles. The number of carbonyl (C=O) groups excluding carboxylic acids is 3. The van der Waals surface area contributed by atoms with Gasteiger partial charge in [-0.1, -0.05) is 63.2 Å². The van der Waals surface area contributed by atoms with Crippen molar-refractivity contribution in [3.05, 3.63) is 65.7 Å². The van der Waals surface area contributed by atoms with Crippen molar-refractivity contribution in [3.8, 4) is 0 Å². The van der Waals surface area contributed by atoms with E-state index in [0.717, 1.165) is 11.1 Å². The highest BCUT2D eigenvalue weighted by molar-refractivity contribution is 5.96. The summed E-state index contributed by atoms with van der Waals surface area (Å²) in [5, 5.41) is 14.5. The number of Topliss-reactive ketones (excluding diaryl/α,β-unsaturated/α-hetero) is 1. The van der Waals surface area contributed by atoms with Gasteiger partial charge < -0.3 is 20.5 Å². The molecule has 0 aliphatic heterocycles. The zero-order chi connectivity index (χ0) is 22.8. The second-order valence-electron chi connectivity index (χ2n) is 7.84. The summed E-state index contributed by atoms with van der Waals surface area (Å²) in [6.07, 6.45) is -0.681. The van der Waals surface area contributed by atoms with Gasteiger partial charge in [-0.2, -0.15) is 0 Å². The summed E-state index contributed by atoms with van der Waals surface area (Å²) < 4.78 is 5.21. The maximum atomic E-state index is 12.8. The Morgan fingerprint density at radius 2 is 1.58 bits per heavy atom. The molecule has 2 amide bonds. The Morgan fingerprint density at radius 1 is 0.935 bits per heavy atom. The average Bonchev–Trinajstić information content (AvgIpc) is 2.76. The minimum absolute atomic E-state index is 0.0115. The first-order chi connectivity index (χ1) is 14.8. The van der Waals surface area contributed by atoms with Gasteiger partial charge in [0.15, 0.2) is 5.78 Å². The van der Waals surface area contributed by atoms with Crippen LogP contribution in [0.1, 0.15) is 38.3 Å². The molecule has 0 heterocycles. The lowest BCUT2D eigenvalue weighted by molar-refractivity contribution is -0.127. The molecule has 7 nitrogen and oxygen atoms in total. The van der Waals surface area contributed by atoms with Crippen LogP contribution in [0.2, 0.25) is 0 Å². The molecule has 0 radical (unpaired) electrons. The second-order valence-corrected chi connectivity index (χ2v) is 7.84. The smallest absolute Gasteiger partial charge is 0.408 e. The number of ether oxygens (including phenoxy) is 1.